The highest BCUT2D eigenvalue weighted by atomic mass is 35.5. The quantitative estimate of drug-likeness (QED) is 0.656. The van der Waals surface area contributed by atoms with Gasteiger partial charge >= 0.3 is 0 Å². The van der Waals surface area contributed by atoms with Crippen LogP contribution in [0.3, 0.4) is 0 Å². The van der Waals surface area contributed by atoms with E-state index in [1.807, 2.05) is 0 Å². The summed E-state index contributed by atoms with van der Waals surface area (Å²) in [5, 5.41) is 0.0560. The van der Waals surface area contributed by atoms with Crippen LogP contribution in [0.5, 0.6) is 0 Å². The van der Waals surface area contributed by atoms with Crippen LogP contribution in [0.2, 0.25) is 5.02 Å². The van der Waals surface area contributed by atoms with Crippen molar-refractivity contribution >= 4 is 33.4 Å². The first-order valence-electron chi connectivity index (χ1n) is 10.9. The normalized spacial score (nSPS) is 20.0. The Morgan fingerprint density at radius 2 is 1.61 bits per heavy atom. The highest BCUT2D eigenvalue weighted by Crippen LogP contribution is 2.26. The SMILES string of the molecule is O=C(c1ccc(F)cc1Cl)N1CCN(C(=O)C2CCCN(S(=O)(=O)c3ccccc3)C2)CC1. The van der Waals surface area contributed by atoms with Gasteiger partial charge in [0.1, 0.15) is 5.82 Å². The molecule has 2 aromatic rings. The summed E-state index contributed by atoms with van der Waals surface area (Å²) in [6.07, 6.45) is 1.24. The Kier molecular flexibility index (Phi) is 7.02. The Morgan fingerprint density at radius 3 is 2.27 bits per heavy atom. The van der Waals surface area contributed by atoms with Crippen LogP contribution in [0, 0.1) is 11.7 Å². The molecule has 0 aromatic heterocycles. The third-order valence-corrected chi connectivity index (χ3v) is 8.35. The molecule has 10 heteroatoms. The summed E-state index contributed by atoms with van der Waals surface area (Å²) in [5.41, 5.74) is 0.229. The summed E-state index contributed by atoms with van der Waals surface area (Å²) in [6.45, 7) is 1.91. The molecule has 0 radical (unpaired) electrons. The van der Waals surface area contributed by atoms with Crippen LogP contribution in [0.15, 0.2) is 53.4 Å². The minimum Gasteiger partial charge on any atom is -0.339 e. The summed E-state index contributed by atoms with van der Waals surface area (Å²) in [7, 11) is -3.65. The molecule has 0 spiro atoms. The summed E-state index contributed by atoms with van der Waals surface area (Å²) in [5.74, 6) is -1.31. The van der Waals surface area contributed by atoms with E-state index in [9.17, 15) is 22.4 Å². The third-order valence-electron chi connectivity index (χ3n) is 6.15. The highest BCUT2D eigenvalue weighted by molar-refractivity contribution is 7.89. The number of halogens is 2. The molecule has 2 amide bonds. The van der Waals surface area contributed by atoms with Gasteiger partial charge in [-0.2, -0.15) is 4.31 Å². The van der Waals surface area contributed by atoms with Crippen molar-refractivity contribution in [1.29, 1.82) is 0 Å². The molecule has 2 saturated heterocycles. The molecule has 0 aliphatic carbocycles. The Bertz CT molecular complexity index is 1140. The first kappa shape index (κ1) is 23.7. The zero-order valence-corrected chi connectivity index (χ0v) is 19.6. The number of amides is 2. The van der Waals surface area contributed by atoms with Gasteiger partial charge in [0.25, 0.3) is 5.91 Å². The van der Waals surface area contributed by atoms with E-state index in [1.54, 1.807) is 40.1 Å². The van der Waals surface area contributed by atoms with Gasteiger partial charge in [-0.05, 0) is 43.2 Å². The predicted octanol–water partition coefficient (Wildman–Crippen LogP) is 2.86. The van der Waals surface area contributed by atoms with Gasteiger partial charge < -0.3 is 9.80 Å². The molecule has 0 bridgehead atoms. The fraction of sp³-hybridized carbons (Fsp3) is 0.391. The first-order valence-corrected chi connectivity index (χ1v) is 12.7. The van der Waals surface area contributed by atoms with E-state index in [0.29, 0.717) is 45.6 Å². The van der Waals surface area contributed by atoms with Crippen molar-refractivity contribution in [3.05, 3.63) is 64.9 Å². The van der Waals surface area contributed by atoms with Crippen molar-refractivity contribution in [3.63, 3.8) is 0 Å². The standard InChI is InChI=1S/C23H25ClFN3O4S/c24-21-15-18(25)8-9-20(21)23(30)27-13-11-26(12-14-27)22(29)17-5-4-10-28(16-17)33(31,32)19-6-2-1-3-7-19/h1-3,6-9,15,17H,4-5,10-14,16H2. The smallest absolute Gasteiger partial charge is 0.255 e. The third kappa shape index (κ3) is 5.05. The molecule has 2 aliphatic heterocycles. The summed E-state index contributed by atoms with van der Waals surface area (Å²) in [6, 6.07) is 11.9. The number of piperidine rings is 1. The molecule has 2 fully saturated rings. The average Bonchev–Trinajstić information content (AvgIpc) is 2.84. The van der Waals surface area contributed by atoms with Gasteiger partial charge in [0, 0.05) is 39.3 Å². The van der Waals surface area contributed by atoms with Crippen molar-refractivity contribution in [1.82, 2.24) is 14.1 Å². The Labute approximate surface area is 197 Å². The second-order valence-electron chi connectivity index (χ2n) is 8.26. The maximum atomic E-state index is 13.3. The van der Waals surface area contributed by atoms with Crippen LogP contribution < -0.4 is 0 Å². The molecule has 1 atom stereocenters. The van der Waals surface area contributed by atoms with Gasteiger partial charge in [-0.15, -0.1) is 0 Å². The van der Waals surface area contributed by atoms with E-state index in [4.69, 9.17) is 11.6 Å². The monoisotopic (exact) mass is 493 g/mol. The minimum atomic E-state index is -3.65. The van der Waals surface area contributed by atoms with Gasteiger partial charge in [-0.25, -0.2) is 12.8 Å². The van der Waals surface area contributed by atoms with Gasteiger partial charge in [-0.3, -0.25) is 9.59 Å². The lowest BCUT2D eigenvalue weighted by molar-refractivity contribution is -0.138. The Morgan fingerprint density at radius 1 is 0.939 bits per heavy atom. The van der Waals surface area contributed by atoms with Crippen LogP contribution in [-0.2, 0) is 14.8 Å². The number of carbonyl (C=O) groups is 2. The zero-order valence-electron chi connectivity index (χ0n) is 18.0. The lowest BCUT2D eigenvalue weighted by Gasteiger charge is -2.38. The molecule has 4 rings (SSSR count). The maximum Gasteiger partial charge on any atom is 0.255 e. The number of nitrogens with zero attached hydrogens (tertiary/aromatic N) is 3. The van der Waals surface area contributed by atoms with Crippen molar-refractivity contribution in [3.8, 4) is 0 Å². The van der Waals surface area contributed by atoms with E-state index in [2.05, 4.69) is 0 Å². The zero-order chi connectivity index (χ0) is 23.6. The molecule has 2 aromatic carbocycles. The first-order chi connectivity index (χ1) is 15.8. The van der Waals surface area contributed by atoms with Gasteiger partial charge in [0.2, 0.25) is 15.9 Å². The molecule has 1 unspecified atom stereocenters. The number of benzene rings is 2. The Hall–Kier alpha value is -2.49. The lowest BCUT2D eigenvalue weighted by Crippen LogP contribution is -2.54. The molecule has 2 aliphatic rings. The summed E-state index contributed by atoms with van der Waals surface area (Å²) >= 11 is 6.01. The van der Waals surface area contributed by atoms with Gasteiger partial charge in [-0.1, -0.05) is 29.8 Å². The lowest BCUT2D eigenvalue weighted by atomic mass is 9.97. The molecular formula is C23H25ClFN3O4S. The minimum absolute atomic E-state index is 0.0560. The topological polar surface area (TPSA) is 78.0 Å². The van der Waals surface area contributed by atoms with Crippen molar-refractivity contribution in [2.75, 3.05) is 39.3 Å². The second-order valence-corrected chi connectivity index (χ2v) is 10.6. The second kappa shape index (κ2) is 9.79. The summed E-state index contributed by atoms with van der Waals surface area (Å²) < 4.78 is 40.6. The fourth-order valence-electron chi connectivity index (χ4n) is 4.33. The van der Waals surface area contributed by atoms with Crippen molar-refractivity contribution < 1.29 is 22.4 Å². The number of carbonyl (C=O) groups excluding carboxylic acids is 2. The molecule has 0 saturated carbocycles. The van der Waals surface area contributed by atoms with E-state index >= 15 is 0 Å². The van der Waals surface area contributed by atoms with Crippen LogP contribution in [0.4, 0.5) is 4.39 Å². The number of sulfonamides is 1. The fourth-order valence-corrected chi connectivity index (χ4v) is 6.12. The van der Waals surface area contributed by atoms with Crippen LogP contribution in [-0.4, -0.2) is 73.6 Å². The number of hydrogen-bond donors (Lipinski definition) is 0. The van der Waals surface area contributed by atoms with Gasteiger partial charge in [0.05, 0.1) is 21.4 Å². The number of hydrogen-bond acceptors (Lipinski definition) is 4. The molecule has 33 heavy (non-hydrogen) atoms. The molecule has 7 nitrogen and oxygen atoms in total. The van der Waals surface area contributed by atoms with Crippen LogP contribution in [0.25, 0.3) is 0 Å². The van der Waals surface area contributed by atoms with E-state index in [-0.39, 0.29) is 33.8 Å². The maximum absolute atomic E-state index is 13.3. The molecule has 176 valence electrons. The van der Waals surface area contributed by atoms with Gasteiger partial charge in [0.15, 0.2) is 0 Å². The van der Waals surface area contributed by atoms with E-state index in [0.717, 1.165) is 6.07 Å². The Balaban J connectivity index is 1.37. The molecular weight excluding hydrogens is 469 g/mol. The predicted molar refractivity (Wildman–Crippen MR) is 122 cm³/mol. The van der Waals surface area contributed by atoms with Crippen LogP contribution in [0.1, 0.15) is 23.2 Å². The number of piperazine rings is 1. The van der Waals surface area contributed by atoms with Crippen molar-refractivity contribution in [2.24, 2.45) is 5.92 Å². The molecule has 2 heterocycles. The van der Waals surface area contributed by atoms with Crippen LogP contribution >= 0.6 is 11.6 Å². The summed E-state index contributed by atoms with van der Waals surface area (Å²) in [4.78, 5) is 29.4. The largest absolute Gasteiger partial charge is 0.339 e. The van der Waals surface area contributed by atoms with E-state index in [1.165, 1.54) is 16.4 Å². The number of rotatable bonds is 4. The van der Waals surface area contributed by atoms with E-state index < -0.39 is 21.8 Å². The average molecular weight is 494 g/mol. The van der Waals surface area contributed by atoms with Crippen molar-refractivity contribution in [2.45, 2.75) is 17.7 Å². The highest BCUT2D eigenvalue weighted by Gasteiger charge is 2.36. The molecule has 0 N–H and O–H groups in total.